The van der Waals surface area contributed by atoms with Crippen LogP contribution >= 0.6 is 0 Å². The van der Waals surface area contributed by atoms with Crippen LogP contribution in [0.3, 0.4) is 0 Å². The summed E-state index contributed by atoms with van der Waals surface area (Å²) in [6.45, 7) is 0.131. The number of nitrogens with one attached hydrogen (secondary N) is 1. The highest BCUT2D eigenvalue weighted by Crippen LogP contribution is 2.24. The quantitative estimate of drug-likeness (QED) is 0.866. The SMILES string of the molecule is CCS(=O)(=O)NC1CCCN(c2ccc(OC(F)F)cc2)C1. The van der Waals surface area contributed by atoms with Crippen LogP contribution < -0.4 is 14.4 Å². The Morgan fingerprint density at radius 2 is 2.05 bits per heavy atom. The van der Waals surface area contributed by atoms with Gasteiger partial charge in [0.1, 0.15) is 5.75 Å². The molecule has 1 aromatic carbocycles. The molecule has 2 rings (SSSR count). The maximum absolute atomic E-state index is 12.1. The molecule has 1 atom stereocenters. The van der Waals surface area contributed by atoms with Crippen LogP contribution in [-0.2, 0) is 10.0 Å². The van der Waals surface area contributed by atoms with Crippen LogP contribution in [0.5, 0.6) is 5.75 Å². The molecule has 1 fully saturated rings. The van der Waals surface area contributed by atoms with E-state index in [2.05, 4.69) is 9.46 Å². The fourth-order valence-electron chi connectivity index (χ4n) is 2.48. The third kappa shape index (κ3) is 4.81. The van der Waals surface area contributed by atoms with Crippen molar-refractivity contribution < 1.29 is 21.9 Å². The molecule has 0 radical (unpaired) electrons. The summed E-state index contributed by atoms with van der Waals surface area (Å²) >= 11 is 0. The lowest BCUT2D eigenvalue weighted by atomic mass is 10.1. The second-order valence-electron chi connectivity index (χ2n) is 5.18. The zero-order chi connectivity index (χ0) is 16.2. The van der Waals surface area contributed by atoms with Gasteiger partial charge in [0.2, 0.25) is 10.0 Å². The molecule has 5 nitrogen and oxygen atoms in total. The lowest BCUT2D eigenvalue weighted by Gasteiger charge is -2.34. The Morgan fingerprint density at radius 1 is 1.36 bits per heavy atom. The molecule has 0 bridgehead atoms. The van der Waals surface area contributed by atoms with Crippen LogP contribution in [0.25, 0.3) is 0 Å². The summed E-state index contributed by atoms with van der Waals surface area (Å²) in [6, 6.07) is 6.25. The monoisotopic (exact) mass is 334 g/mol. The minimum absolute atomic E-state index is 0.0587. The first-order chi connectivity index (χ1) is 10.4. The number of anilines is 1. The van der Waals surface area contributed by atoms with Gasteiger partial charge in [-0.15, -0.1) is 0 Å². The molecule has 1 N–H and O–H groups in total. The average molecular weight is 334 g/mol. The van der Waals surface area contributed by atoms with E-state index in [1.807, 2.05) is 4.90 Å². The van der Waals surface area contributed by atoms with Gasteiger partial charge in [0.05, 0.1) is 5.75 Å². The van der Waals surface area contributed by atoms with E-state index in [1.165, 1.54) is 12.1 Å². The zero-order valence-corrected chi connectivity index (χ0v) is 13.2. The number of hydrogen-bond donors (Lipinski definition) is 1. The molecule has 1 unspecified atom stereocenters. The van der Waals surface area contributed by atoms with Gasteiger partial charge in [-0.3, -0.25) is 0 Å². The van der Waals surface area contributed by atoms with Crippen molar-refractivity contribution in [2.75, 3.05) is 23.7 Å². The van der Waals surface area contributed by atoms with Crippen LogP contribution in [0, 0.1) is 0 Å². The van der Waals surface area contributed by atoms with E-state index in [9.17, 15) is 17.2 Å². The maximum Gasteiger partial charge on any atom is 0.387 e. The van der Waals surface area contributed by atoms with E-state index in [0.29, 0.717) is 6.54 Å². The van der Waals surface area contributed by atoms with E-state index in [0.717, 1.165) is 25.1 Å². The van der Waals surface area contributed by atoms with Crippen LogP contribution in [0.4, 0.5) is 14.5 Å². The lowest BCUT2D eigenvalue weighted by Crippen LogP contribution is -2.48. The van der Waals surface area contributed by atoms with E-state index < -0.39 is 16.6 Å². The zero-order valence-electron chi connectivity index (χ0n) is 12.3. The highest BCUT2D eigenvalue weighted by atomic mass is 32.2. The first-order valence-corrected chi connectivity index (χ1v) is 8.84. The van der Waals surface area contributed by atoms with Crippen molar-refractivity contribution in [2.24, 2.45) is 0 Å². The molecule has 1 aliphatic rings. The summed E-state index contributed by atoms with van der Waals surface area (Å²) in [6.07, 6.45) is 1.66. The molecule has 0 aliphatic carbocycles. The van der Waals surface area contributed by atoms with Crippen LogP contribution in [0.2, 0.25) is 0 Å². The Kier molecular flexibility index (Phi) is 5.57. The average Bonchev–Trinajstić information content (AvgIpc) is 2.47. The molecule has 1 heterocycles. The van der Waals surface area contributed by atoms with E-state index >= 15 is 0 Å². The van der Waals surface area contributed by atoms with Crippen molar-refractivity contribution in [3.8, 4) is 5.75 Å². The Labute approximate surface area is 129 Å². The first kappa shape index (κ1) is 17.0. The Morgan fingerprint density at radius 3 is 2.64 bits per heavy atom. The summed E-state index contributed by atoms with van der Waals surface area (Å²) in [5, 5.41) is 0. The van der Waals surface area contributed by atoms with Crippen molar-refractivity contribution in [1.82, 2.24) is 4.72 Å². The molecule has 0 amide bonds. The van der Waals surface area contributed by atoms with Crippen molar-refractivity contribution in [3.05, 3.63) is 24.3 Å². The van der Waals surface area contributed by atoms with E-state index in [1.54, 1.807) is 19.1 Å². The van der Waals surface area contributed by atoms with Gasteiger partial charge in [-0.25, -0.2) is 13.1 Å². The molecule has 1 aromatic rings. The summed E-state index contributed by atoms with van der Waals surface area (Å²) in [5.41, 5.74) is 0.863. The van der Waals surface area contributed by atoms with Gasteiger partial charge < -0.3 is 9.64 Å². The Balaban J connectivity index is 2.00. The van der Waals surface area contributed by atoms with E-state index in [4.69, 9.17) is 0 Å². The van der Waals surface area contributed by atoms with Gasteiger partial charge in [0, 0.05) is 24.8 Å². The molecule has 0 aromatic heterocycles. The van der Waals surface area contributed by atoms with Gasteiger partial charge in [0.25, 0.3) is 0 Å². The minimum Gasteiger partial charge on any atom is -0.435 e. The van der Waals surface area contributed by atoms with Gasteiger partial charge in [-0.1, -0.05) is 0 Å². The summed E-state index contributed by atoms with van der Waals surface area (Å²) in [5.74, 6) is 0.169. The Bertz CT molecular complexity index is 578. The highest BCUT2D eigenvalue weighted by molar-refractivity contribution is 7.89. The fourth-order valence-corrected chi connectivity index (χ4v) is 3.35. The van der Waals surface area contributed by atoms with Crippen molar-refractivity contribution in [1.29, 1.82) is 0 Å². The second kappa shape index (κ2) is 7.23. The number of hydrogen-bond acceptors (Lipinski definition) is 4. The normalized spacial score (nSPS) is 19.5. The predicted molar refractivity (Wildman–Crippen MR) is 80.9 cm³/mol. The number of alkyl halides is 2. The predicted octanol–water partition coefficient (Wildman–Crippen LogP) is 2.20. The standard InChI is InChI=1S/C14H20F2N2O3S/c1-2-22(19,20)17-11-4-3-9-18(10-11)12-5-7-13(8-6-12)21-14(15)16/h5-8,11,14,17H,2-4,9-10H2,1H3. The molecule has 0 saturated carbocycles. The number of rotatable bonds is 6. The molecular weight excluding hydrogens is 314 g/mol. The summed E-state index contributed by atoms with van der Waals surface area (Å²) in [7, 11) is -3.22. The number of piperidine rings is 1. The number of benzene rings is 1. The van der Waals surface area contributed by atoms with Gasteiger partial charge >= 0.3 is 6.61 Å². The minimum atomic E-state index is -3.22. The third-order valence-electron chi connectivity index (χ3n) is 3.57. The topological polar surface area (TPSA) is 58.6 Å². The summed E-state index contributed by atoms with van der Waals surface area (Å²) < 4.78 is 54.5. The number of nitrogens with zero attached hydrogens (tertiary/aromatic N) is 1. The molecule has 0 spiro atoms. The molecular formula is C14H20F2N2O3S. The number of sulfonamides is 1. The molecule has 22 heavy (non-hydrogen) atoms. The molecule has 1 saturated heterocycles. The summed E-state index contributed by atoms with van der Waals surface area (Å²) in [4.78, 5) is 2.04. The smallest absolute Gasteiger partial charge is 0.387 e. The van der Waals surface area contributed by atoms with Crippen molar-refractivity contribution >= 4 is 15.7 Å². The molecule has 124 valence electrons. The van der Waals surface area contributed by atoms with Crippen LogP contribution in [-0.4, -0.2) is 39.9 Å². The highest BCUT2D eigenvalue weighted by Gasteiger charge is 2.23. The molecule has 8 heteroatoms. The van der Waals surface area contributed by atoms with Gasteiger partial charge in [-0.05, 0) is 44.0 Å². The second-order valence-corrected chi connectivity index (χ2v) is 7.22. The van der Waals surface area contributed by atoms with Gasteiger partial charge in [0.15, 0.2) is 0 Å². The Hall–Kier alpha value is -1.41. The maximum atomic E-state index is 12.1. The first-order valence-electron chi connectivity index (χ1n) is 7.19. The van der Waals surface area contributed by atoms with Crippen LogP contribution in [0.1, 0.15) is 19.8 Å². The van der Waals surface area contributed by atoms with E-state index in [-0.39, 0.29) is 17.5 Å². The molecule has 1 aliphatic heterocycles. The van der Waals surface area contributed by atoms with Gasteiger partial charge in [-0.2, -0.15) is 8.78 Å². The van der Waals surface area contributed by atoms with Crippen molar-refractivity contribution in [3.63, 3.8) is 0 Å². The number of halogens is 2. The number of ether oxygens (including phenoxy) is 1. The van der Waals surface area contributed by atoms with Crippen molar-refractivity contribution in [2.45, 2.75) is 32.4 Å². The fraction of sp³-hybridized carbons (Fsp3) is 0.571. The van der Waals surface area contributed by atoms with Crippen LogP contribution in [0.15, 0.2) is 24.3 Å². The third-order valence-corrected chi connectivity index (χ3v) is 5.03. The lowest BCUT2D eigenvalue weighted by molar-refractivity contribution is -0.0498. The largest absolute Gasteiger partial charge is 0.435 e.